The molecule has 0 aromatic carbocycles. The highest BCUT2D eigenvalue weighted by Gasteiger charge is 2.10. The topological polar surface area (TPSA) is 24.5 Å². The van der Waals surface area contributed by atoms with Gasteiger partial charge in [0.1, 0.15) is 0 Å². The van der Waals surface area contributed by atoms with Gasteiger partial charge in [0.25, 0.3) is 0 Å². The normalized spacial score (nSPS) is 13.4. The maximum absolute atomic E-state index is 5.38. The molecule has 0 rings (SSSR count). The lowest BCUT2D eigenvalue weighted by molar-refractivity contribution is 0.0982. The summed E-state index contributed by atoms with van der Waals surface area (Å²) in [5.74, 6) is 0. The van der Waals surface area contributed by atoms with Gasteiger partial charge in [-0.1, -0.05) is 13.8 Å². The fourth-order valence-corrected chi connectivity index (χ4v) is 1.69. The molecular weight excluding hydrogens is 188 g/mol. The first kappa shape index (κ1) is 14.9. The van der Waals surface area contributed by atoms with Gasteiger partial charge < -0.3 is 10.1 Å². The Morgan fingerprint density at radius 2 is 2.00 bits per heavy atom. The molecule has 15 heavy (non-hydrogen) atoms. The number of nitrogens with zero attached hydrogens (tertiary/aromatic N) is 1. The molecule has 1 N–H and O–H groups in total. The van der Waals surface area contributed by atoms with Crippen molar-refractivity contribution in [3.05, 3.63) is 0 Å². The van der Waals surface area contributed by atoms with Crippen LogP contribution < -0.4 is 5.32 Å². The van der Waals surface area contributed by atoms with E-state index in [1.165, 1.54) is 6.42 Å². The molecule has 0 aliphatic heterocycles. The van der Waals surface area contributed by atoms with Crippen LogP contribution in [0.25, 0.3) is 0 Å². The van der Waals surface area contributed by atoms with Crippen molar-refractivity contribution in [3.63, 3.8) is 0 Å². The molecular formula is C12H28N2O. The van der Waals surface area contributed by atoms with Gasteiger partial charge in [-0.3, -0.25) is 4.90 Å². The van der Waals surface area contributed by atoms with Gasteiger partial charge in [0.05, 0.1) is 6.61 Å². The Hall–Kier alpha value is -0.120. The minimum absolute atomic E-state index is 0.648. The van der Waals surface area contributed by atoms with E-state index >= 15 is 0 Å². The predicted octanol–water partition coefficient (Wildman–Crippen LogP) is 1.73. The van der Waals surface area contributed by atoms with Gasteiger partial charge in [-0.2, -0.15) is 0 Å². The quantitative estimate of drug-likeness (QED) is 0.563. The van der Waals surface area contributed by atoms with Gasteiger partial charge in [-0.15, -0.1) is 0 Å². The number of likely N-dealkylation sites (N-methyl/N-ethyl adjacent to an activating group) is 1. The minimum atomic E-state index is 0.648. The van der Waals surface area contributed by atoms with Crippen LogP contribution in [0, 0.1) is 0 Å². The van der Waals surface area contributed by atoms with Crippen molar-refractivity contribution in [3.8, 4) is 0 Å². The number of ether oxygens (including phenoxy) is 1. The van der Waals surface area contributed by atoms with Crippen molar-refractivity contribution in [2.45, 2.75) is 40.2 Å². The first-order valence-electron chi connectivity index (χ1n) is 6.28. The van der Waals surface area contributed by atoms with E-state index in [9.17, 15) is 0 Å². The second kappa shape index (κ2) is 10.4. The molecule has 0 aliphatic rings. The molecule has 0 saturated carbocycles. The van der Waals surface area contributed by atoms with Crippen LogP contribution in [0.3, 0.4) is 0 Å². The number of nitrogens with one attached hydrogen (secondary N) is 1. The van der Waals surface area contributed by atoms with E-state index in [4.69, 9.17) is 4.74 Å². The summed E-state index contributed by atoms with van der Waals surface area (Å²) < 4.78 is 5.38. The molecule has 0 spiro atoms. The molecule has 0 radical (unpaired) electrons. The Balaban J connectivity index is 3.62. The first-order valence-corrected chi connectivity index (χ1v) is 6.28. The Bertz CT molecular complexity index is 131. The average molecular weight is 216 g/mol. The maximum Gasteiger partial charge on any atom is 0.0593 e. The lowest BCUT2D eigenvalue weighted by Gasteiger charge is -2.27. The van der Waals surface area contributed by atoms with Crippen molar-refractivity contribution in [2.75, 3.05) is 39.4 Å². The Morgan fingerprint density at radius 3 is 2.53 bits per heavy atom. The smallest absolute Gasteiger partial charge is 0.0593 e. The second-order valence-electron chi connectivity index (χ2n) is 3.82. The molecule has 1 atom stereocenters. The Morgan fingerprint density at radius 1 is 1.27 bits per heavy atom. The zero-order valence-electron chi connectivity index (χ0n) is 10.9. The summed E-state index contributed by atoms with van der Waals surface area (Å²) in [6, 6.07) is 0.648. The standard InChI is InChI=1S/C12H28N2O/c1-5-13-9-8-12(4)14(6-2)10-11-15-7-3/h12-13H,5-11H2,1-4H3. The Kier molecular flexibility index (Phi) is 10.3. The number of hydrogen-bond donors (Lipinski definition) is 1. The molecule has 3 nitrogen and oxygen atoms in total. The molecule has 1 unspecified atom stereocenters. The van der Waals surface area contributed by atoms with Crippen LogP contribution in [0.1, 0.15) is 34.1 Å². The third-order valence-electron chi connectivity index (χ3n) is 2.75. The van der Waals surface area contributed by atoms with Crippen LogP contribution in [0.4, 0.5) is 0 Å². The van der Waals surface area contributed by atoms with E-state index in [1.54, 1.807) is 0 Å². The highest BCUT2D eigenvalue weighted by molar-refractivity contribution is 4.66. The number of hydrogen-bond acceptors (Lipinski definition) is 3. The van der Waals surface area contributed by atoms with Crippen molar-refractivity contribution < 1.29 is 4.74 Å². The predicted molar refractivity (Wildman–Crippen MR) is 66.4 cm³/mol. The molecule has 0 amide bonds. The lowest BCUT2D eigenvalue weighted by atomic mass is 10.2. The average Bonchev–Trinajstić information content (AvgIpc) is 2.24. The summed E-state index contributed by atoms with van der Waals surface area (Å²) in [7, 11) is 0. The van der Waals surface area contributed by atoms with E-state index in [0.29, 0.717) is 6.04 Å². The van der Waals surface area contributed by atoms with Crippen molar-refractivity contribution >= 4 is 0 Å². The third kappa shape index (κ3) is 7.77. The van der Waals surface area contributed by atoms with Crippen LogP contribution >= 0.6 is 0 Å². The fourth-order valence-electron chi connectivity index (χ4n) is 1.69. The zero-order chi connectivity index (χ0) is 11.5. The summed E-state index contributed by atoms with van der Waals surface area (Å²) in [4.78, 5) is 2.48. The molecule has 3 heteroatoms. The summed E-state index contributed by atoms with van der Waals surface area (Å²) in [5, 5.41) is 3.37. The van der Waals surface area contributed by atoms with Gasteiger partial charge in [0, 0.05) is 19.2 Å². The van der Waals surface area contributed by atoms with Crippen LogP contribution in [0.15, 0.2) is 0 Å². The van der Waals surface area contributed by atoms with E-state index in [1.807, 2.05) is 6.92 Å². The largest absolute Gasteiger partial charge is 0.380 e. The molecule has 0 aromatic rings. The van der Waals surface area contributed by atoms with Crippen LogP contribution in [0.5, 0.6) is 0 Å². The van der Waals surface area contributed by atoms with Crippen molar-refractivity contribution in [1.29, 1.82) is 0 Å². The van der Waals surface area contributed by atoms with Crippen LogP contribution in [-0.2, 0) is 4.74 Å². The SMILES string of the molecule is CCNCCC(C)N(CC)CCOCC. The third-order valence-corrected chi connectivity index (χ3v) is 2.75. The van der Waals surface area contributed by atoms with Gasteiger partial charge in [-0.05, 0) is 39.9 Å². The molecule has 0 saturated heterocycles. The van der Waals surface area contributed by atoms with Gasteiger partial charge in [0.15, 0.2) is 0 Å². The summed E-state index contributed by atoms with van der Waals surface area (Å²) in [5.41, 5.74) is 0. The molecule has 0 aromatic heterocycles. The lowest BCUT2D eigenvalue weighted by Crippen LogP contribution is -2.37. The second-order valence-corrected chi connectivity index (χ2v) is 3.82. The van der Waals surface area contributed by atoms with Crippen LogP contribution in [-0.4, -0.2) is 50.3 Å². The van der Waals surface area contributed by atoms with Crippen molar-refractivity contribution in [1.82, 2.24) is 10.2 Å². The maximum atomic E-state index is 5.38. The van der Waals surface area contributed by atoms with E-state index < -0.39 is 0 Å². The van der Waals surface area contributed by atoms with Gasteiger partial charge in [-0.25, -0.2) is 0 Å². The van der Waals surface area contributed by atoms with Crippen LogP contribution in [0.2, 0.25) is 0 Å². The van der Waals surface area contributed by atoms with E-state index in [2.05, 4.69) is 31.0 Å². The van der Waals surface area contributed by atoms with Gasteiger partial charge >= 0.3 is 0 Å². The summed E-state index contributed by atoms with van der Waals surface area (Å²) in [6.45, 7) is 14.7. The molecule has 0 heterocycles. The first-order chi connectivity index (χ1) is 7.26. The van der Waals surface area contributed by atoms with E-state index in [-0.39, 0.29) is 0 Å². The van der Waals surface area contributed by atoms with Crippen molar-refractivity contribution in [2.24, 2.45) is 0 Å². The highest BCUT2D eigenvalue weighted by atomic mass is 16.5. The molecule has 0 fully saturated rings. The zero-order valence-corrected chi connectivity index (χ0v) is 10.9. The molecule has 92 valence electrons. The summed E-state index contributed by atoms with van der Waals surface area (Å²) in [6.07, 6.45) is 1.22. The summed E-state index contributed by atoms with van der Waals surface area (Å²) >= 11 is 0. The minimum Gasteiger partial charge on any atom is -0.380 e. The van der Waals surface area contributed by atoms with Gasteiger partial charge in [0.2, 0.25) is 0 Å². The Labute approximate surface area is 95.2 Å². The van der Waals surface area contributed by atoms with E-state index in [0.717, 1.165) is 39.4 Å². The molecule has 0 aliphatic carbocycles. The number of rotatable bonds is 10. The fraction of sp³-hybridized carbons (Fsp3) is 1.00. The monoisotopic (exact) mass is 216 g/mol. The molecule has 0 bridgehead atoms. The highest BCUT2D eigenvalue weighted by Crippen LogP contribution is 2.02.